The van der Waals surface area contributed by atoms with Crippen molar-refractivity contribution in [2.75, 3.05) is 77.1 Å². The Bertz CT molecular complexity index is 2170. The van der Waals surface area contributed by atoms with Crippen LogP contribution in [0, 0.1) is 11.7 Å². The molecule has 4 saturated heterocycles. The third-order valence-electron chi connectivity index (χ3n) is 11.7. The van der Waals surface area contributed by atoms with Crippen molar-refractivity contribution in [2.24, 2.45) is 13.0 Å². The van der Waals surface area contributed by atoms with E-state index in [0.717, 1.165) is 102 Å². The number of piperazine rings is 1. The lowest BCUT2D eigenvalue weighted by molar-refractivity contribution is -0.135. The number of thioether (sulfide) groups is 1. The van der Waals surface area contributed by atoms with E-state index in [4.69, 9.17) is 9.47 Å². The number of aryl methyl sites for hydroxylation is 1. The van der Waals surface area contributed by atoms with Gasteiger partial charge in [-0.25, -0.2) is 14.2 Å². The smallest absolute Gasteiger partial charge is 0.329 e. The minimum atomic E-state index is -0.693. The van der Waals surface area contributed by atoms with Crippen molar-refractivity contribution >= 4 is 51.2 Å². The second kappa shape index (κ2) is 16.5. The second-order valence-corrected chi connectivity index (χ2v) is 16.5. The first kappa shape index (κ1) is 37.7. The highest BCUT2D eigenvalue weighted by atomic mass is 32.2. The van der Waals surface area contributed by atoms with Gasteiger partial charge in [0.25, 0.3) is 5.56 Å². The molecule has 0 saturated carbocycles. The largest absolute Gasteiger partial charge is 0.493 e. The zero-order valence-electron chi connectivity index (χ0n) is 31.3. The molecule has 2 aromatic carbocycles. The van der Waals surface area contributed by atoms with Crippen molar-refractivity contribution in [3.05, 3.63) is 62.8 Å². The molecule has 294 valence electrons. The number of aromatic nitrogens is 4. The van der Waals surface area contributed by atoms with Gasteiger partial charge >= 0.3 is 5.69 Å². The zero-order valence-corrected chi connectivity index (χ0v) is 32.1. The molecule has 0 bridgehead atoms. The fourth-order valence-corrected chi connectivity index (χ4v) is 9.38. The standard InChI is InChI=1S/C39H49FN8O6S/c1-44-33-20-26(2-3-31(33)48(39(44)52)32-4-5-35(49)43-37(32)50)47-16-14-46(15-17-47)13-12-45-10-6-25(7-11-45)23-54-27-21-29(40)36-30(22-27)41-34(42-38(36)51)24-55-28-8-18-53-19-9-28/h2-3,20-22,25,28,32H,4-19,23-24H2,1H3,(H,41,42,51)(H,43,49,50). The summed E-state index contributed by atoms with van der Waals surface area (Å²) >= 11 is 1.75. The molecule has 4 aliphatic heterocycles. The van der Waals surface area contributed by atoms with Crippen LogP contribution in [-0.4, -0.2) is 118 Å². The third-order valence-corrected chi connectivity index (χ3v) is 13.0. The number of piperidine rings is 2. The van der Waals surface area contributed by atoms with E-state index in [2.05, 4.69) is 30.0 Å². The van der Waals surface area contributed by atoms with E-state index in [1.54, 1.807) is 29.4 Å². The number of imide groups is 1. The van der Waals surface area contributed by atoms with Crippen LogP contribution in [0.5, 0.6) is 5.75 Å². The molecule has 0 spiro atoms. The molecule has 8 rings (SSSR count). The number of anilines is 1. The maximum atomic E-state index is 15.0. The number of fused-ring (bicyclic) bond motifs is 2. The monoisotopic (exact) mass is 776 g/mol. The van der Waals surface area contributed by atoms with Crippen LogP contribution in [0.1, 0.15) is 50.4 Å². The van der Waals surface area contributed by atoms with E-state index in [9.17, 15) is 19.2 Å². The number of halogens is 1. The maximum absolute atomic E-state index is 15.0. The van der Waals surface area contributed by atoms with Gasteiger partial charge in [-0.3, -0.25) is 33.7 Å². The first-order valence-corrected chi connectivity index (χ1v) is 20.5. The number of carbonyl (C=O) groups is 2. The third kappa shape index (κ3) is 8.32. The molecule has 2 N–H and O–H groups in total. The van der Waals surface area contributed by atoms with Crippen molar-refractivity contribution in [2.45, 2.75) is 55.6 Å². The van der Waals surface area contributed by atoms with E-state index in [0.29, 0.717) is 52.6 Å². The van der Waals surface area contributed by atoms with Crippen LogP contribution in [0.15, 0.2) is 39.9 Å². The van der Waals surface area contributed by atoms with E-state index in [-0.39, 0.29) is 23.4 Å². The van der Waals surface area contributed by atoms with Crippen molar-refractivity contribution < 1.29 is 23.5 Å². The normalized spacial score (nSPS) is 21.1. The average molecular weight is 777 g/mol. The SMILES string of the molecule is Cn1c(=O)n(C2CCC(=O)NC2=O)c2ccc(N3CCN(CCN4CCC(COc5cc(F)c6c(=O)[nH]c(CSC7CCOCC7)nc6c5)CC4)CC3)cc21. The summed E-state index contributed by atoms with van der Waals surface area (Å²) in [5.41, 5.74) is 2.12. The van der Waals surface area contributed by atoms with Gasteiger partial charge in [0.1, 0.15) is 28.8 Å². The summed E-state index contributed by atoms with van der Waals surface area (Å²) < 4.78 is 29.7. The minimum absolute atomic E-state index is 0.0317. The van der Waals surface area contributed by atoms with Gasteiger partial charge in [-0.05, 0) is 69.3 Å². The number of nitrogens with zero attached hydrogens (tertiary/aromatic N) is 6. The van der Waals surface area contributed by atoms with Crippen molar-refractivity contribution in [1.29, 1.82) is 0 Å². The van der Waals surface area contributed by atoms with Gasteiger partial charge in [0.2, 0.25) is 11.8 Å². The molecule has 2 amide bonds. The molecule has 55 heavy (non-hydrogen) atoms. The van der Waals surface area contributed by atoms with Crippen LogP contribution in [0.3, 0.4) is 0 Å². The van der Waals surface area contributed by atoms with E-state index < -0.39 is 23.3 Å². The van der Waals surface area contributed by atoms with Crippen LogP contribution in [0.2, 0.25) is 0 Å². The van der Waals surface area contributed by atoms with Crippen LogP contribution in [0.25, 0.3) is 21.9 Å². The molecule has 4 fully saturated rings. The second-order valence-electron chi connectivity index (χ2n) is 15.2. The molecule has 1 unspecified atom stereocenters. The summed E-state index contributed by atoms with van der Waals surface area (Å²) in [6, 6.07) is 8.26. The fourth-order valence-electron chi connectivity index (χ4n) is 8.32. The lowest BCUT2D eigenvalue weighted by Gasteiger charge is -2.38. The molecule has 16 heteroatoms. The lowest BCUT2D eigenvalue weighted by Crippen LogP contribution is -2.49. The quantitative estimate of drug-likeness (QED) is 0.217. The number of hydrogen-bond donors (Lipinski definition) is 2. The first-order chi connectivity index (χ1) is 26.7. The fraction of sp³-hybridized carbons (Fsp3) is 0.564. The van der Waals surface area contributed by atoms with Gasteiger partial charge < -0.3 is 24.3 Å². The summed E-state index contributed by atoms with van der Waals surface area (Å²) in [5.74, 6) is 0.538. The Morgan fingerprint density at radius 2 is 1.65 bits per heavy atom. The van der Waals surface area contributed by atoms with Crippen molar-refractivity contribution in [1.82, 2.24) is 34.2 Å². The van der Waals surface area contributed by atoms with Crippen LogP contribution in [0.4, 0.5) is 10.1 Å². The van der Waals surface area contributed by atoms with Crippen LogP contribution < -0.4 is 26.2 Å². The highest BCUT2D eigenvalue weighted by molar-refractivity contribution is 7.99. The molecular weight excluding hydrogens is 728 g/mol. The Morgan fingerprint density at radius 1 is 0.909 bits per heavy atom. The Balaban J connectivity index is 0.786. The Labute approximate surface area is 322 Å². The summed E-state index contributed by atoms with van der Waals surface area (Å²) in [7, 11) is 1.72. The molecule has 4 aromatic rings. The Kier molecular flexibility index (Phi) is 11.3. The lowest BCUT2D eigenvalue weighted by atomic mass is 9.98. The molecule has 0 aliphatic carbocycles. The van der Waals surface area contributed by atoms with Crippen molar-refractivity contribution in [3.63, 3.8) is 0 Å². The molecule has 6 heterocycles. The molecule has 4 aliphatic rings. The van der Waals surface area contributed by atoms with Crippen LogP contribution >= 0.6 is 11.8 Å². The van der Waals surface area contributed by atoms with E-state index in [1.165, 1.54) is 10.6 Å². The average Bonchev–Trinajstić information content (AvgIpc) is 3.44. The maximum Gasteiger partial charge on any atom is 0.329 e. The molecule has 14 nitrogen and oxygen atoms in total. The van der Waals surface area contributed by atoms with Gasteiger partial charge in [-0.2, -0.15) is 11.8 Å². The van der Waals surface area contributed by atoms with Gasteiger partial charge in [0, 0.05) is 89.0 Å². The summed E-state index contributed by atoms with van der Waals surface area (Å²) in [6.45, 7) is 9.62. The minimum Gasteiger partial charge on any atom is -0.493 e. The zero-order chi connectivity index (χ0) is 38.1. The van der Waals surface area contributed by atoms with Crippen LogP contribution in [-0.2, 0) is 27.1 Å². The Hall–Kier alpha value is -4.25. The topological polar surface area (TPSA) is 147 Å². The number of likely N-dealkylation sites (tertiary alicyclic amines) is 1. The number of ether oxygens (including phenoxy) is 2. The summed E-state index contributed by atoms with van der Waals surface area (Å²) in [5, 5.41) is 2.80. The van der Waals surface area contributed by atoms with E-state index in [1.807, 2.05) is 18.2 Å². The highest BCUT2D eigenvalue weighted by Crippen LogP contribution is 2.29. The number of amides is 2. The van der Waals surface area contributed by atoms with Crippen molar-refractivity contribution in [3.8, 4) is 5.75 Å². The van der Waals surface area contributed by atoms with Gasteiger partial charge in [-0.15, -0.1) is 0 Å². The highest BCUT2D eigenvalue weighted by Gasteiger charge is 2.32. The molecular formula is C39H49FN8O6S. The van der Waals surface area contributed by atoms with E-state index >= 15 is 4.39 Å². The summed E-state index contributed by atoms with van der Waals surface area (Å²) in [4.78, 5) is 64.8. The predicted octanol–water partition coefficient (Wildman–Crippen LogP) is 3.02. The molecule has 2 aromatic heterocycles. The number of hydrogen-bond acceptors (Lipinski definition) is 11. The number of benzene rings is 2. The predicted molar refractivity (Wildman–Crippen MR) is 209 cm³/mol. The molecule has 1 atom stereocenters. The number of rotatable bonds is 11. The first-order valence-electron chi connectivity index (χ1n) is 19.5. The van der Waals surface area contributed by atoms with Gasteiger partial charge in [-0.1, -0.05) is 0 Å². The van der Waals surface area contributed by atoms with Gasteiger partial charge in [0.15, 0.2) is 0 Å². The number of H-pyrrole nitrogens is 1. The Morgan fingerprint density at radius 3 is 2.40 bits per heavy atom. The summed E-state index contributed by atoms with van der Waals surface area (Å²) in [6.07, 6.45) is 4.50. The number of carbonyl (C=O) groups excluding carboxylic acids is 2. The number of imidazole rings is 1. The number of nitrogens with one attached hydrogen (secondary N) is 2. The van der Waals surface area contributed by atoms with Gasteiger partial charge in [0.05, 0.1) is 28.9 Å². The number of aromatic amines is 1. The molecule has 0 radical (unpaired) electrons.